The summed E-state index contributed by atoms with van der Waals surface area (Å²) < 4.78 is 45.9. The van der Waals surface area contributed by atoms with Gasteiger partial charge in [0.25, 0.3) is 0 Å². The van der Waals surface area contributed by atoms with Crippen molar-refractivity contribution in [3.05, 3.63) is 46.6 Å². The van der Waals surface area contributed by atoms with Crippen molar-refractivity contribution in [2.75, 3.05) is 5.32 Å². The quantitative estimate of drug-likeness (QED) is 0.657. The number of ether oxygens (including phenoxy) is 1. The Morgan fingerprint density at radius 2 is 1.89 bits per heavy atom. The molecule has 3 rings (SSSR count). The summed E-state index contributed by atoms with van der Waals surface area (Å²) in [6.45, 7) is 0.120. The second kappa shape index (κ2) is 8.33. The summed E-state index contributed by atoms with van der Waals surface area (Å²) in [6, 6.07) is 9.05. The molecule has 146 valence electrons. The van der Waals surface area contributed by atoms with Crippen molar-refractivity contribution < 1.29 is 22.7 Å². The second-order valence-electron chi connectivity index (χ2n) is 6.52. The van der Waals surface area contributed by atoms with Crippen LogP contribution in [-0.4, -0.2) is 22.1 Å². The van der Waals surface area contributed by atoms with Crippen molar-refractivity contribution in [2.45, 2.75) is 44.5 Å². The van der Waals surface area contributed by atoms with Crippen LogP contribution in [0.2, 0.25) is 0 Å². The van der Waals surface area contributed by atoms with Crippen LogP contribution in [0.25, 0.3) is 0 Å². The number of amides is 1. The highest BCUT2D eigenvalue weighted by Crippen LogP contribution is 2.42. The van der Waals surface area contributed by atoms with Gasteiger partial charge in [0, 0.05) is 0 Å². The van der Waals surface area contributed by atoms with Crippen molar-refractivity contribution in [2.24, 2.45) is 5.92 Å². The first-order valence-corrected chi connectivity index (χ1v) is 9.41. The van der Waals surface area contributed by atoms with Crippen LogP contribution in [0.3, 0.4) is 0 Å². The van der Waals surface area contributed by atoms with Crippen LogP contribution in [0.5, 0.6) is 0 Å². The highest BCUT2D eigenvalue weighted by molar-refractivity contribution is 9.10. The normalized spacial score (nSPS) is 20.3. The zero-order chi connectivity index (χ0) is 19.4. The molecule has 9 heteroatoms. The van der Waals surface area contributed by atoms with Gasteiger partial charge in [0.05, 0.1) is 22.6 Å². The van der Waals surface area contributed by atoms with Crippen LogP contribution in [0.1, 0.15) is 37.3 Å². The summed E-state index contributed by atoms with van der Waals surface area (Å²) in [5, 5.41) is 6.85. The highest BCUT2D eigenvalue weighted by atomic mass is 79.9. The third kappa shape index (κ3) is 5.03. The molecule has 0 unspecified atom stereocenters. The van der Waals surface area contributed by atoms with E-state index in [-0.39, 0.29) is 25.5 Å². The molecule has 1 heterocycles. The number of hydrogen-bond donors (Lipinski definition) is 1. The van der Waals surface area contributed by atoms with E-state index < -0.39 is 18.2 Å². The highest BCUT2D eigenvalue weighted by Gasteiger charge is 2.42. The minimum Gasteiger partial charge on any atom is -0.444 e. The van der Waals surface area contributed by atoms with E-state index in [1.165, 1.54) is 6.20 Å². The average Bonchev–Trinajstić information content (AvgIpc) is 3.01. The summed E-state index contributed by atoms with van der Waals surface area (Å²) in [4.78, 5) is 12.1. The number of aromatic nitrogens is 2. The van der Waals surface area contributed by atoms with E-state index in [1.54, 1.807) is 4.68 Å². The number of carbonyl (C=O) groups is 1. The van der Waals surface area contributed by atoms with Gasteiger partial charge < -0.3 is 4.74 Å². The number of halogens is 4. The van der Waals surface area contributed by atoms with E-state index in [2.05, 4.69) is 26.3 Å². The Bertz CT molecular complexity index is 772. The van der Waals surface area contributed by atoms with Crippen molar-refractivity contribution in [3.8, 4) is 0 Å². The van der Waals surface area contributed by atoms with Gasteiger partial charge in [-0.2, -0.15) is 18.3 Å². The second-order valence-corrected chi connectivity index (χ2v) is 7.37. The third-order valence-electron chi connectivity index (χ3n) is 4.69. The van der Waals surface area contributed by atoms with Crippen LogP contribution >= 0.6 is 15.9 Å². The van der Waals surface area contributed by atoms with Gasteiger partial charge in [-0.15, -0.1) is 0 Å². The molecule has 1 aromatic heterocycles. The Hall–Kier alpha value is -2.03. The lowest BCUT2D eigenvalue weighted by Gasteiger charge is -2.30. The SMILES string of the molecule is O=C(Nc1c(Br)cnn1C1CCC(C(F)(F)F)CC1)OCc1ccccc1. The topological polar surface area (TPSA) is 56.2 Å². The Kier molecular flexibility index (Phi) is 6.08. The summed E-state index contributed by atoms with van der Waals surface area (Å²) in [7, 11) is 0. The fourth-order valence-electron chi connectivity index (χ4n) is 3.24. The summed E-state index contributed by atoms with van der Waals surface area (Å²) in [5.74, 6) is -0.872. The van der Waals surface area contributed by atoms with Gasteiger partial charge in [0.1, 0.15) is 12.4 Å². The van der Waals surface area contributed by atoms with E-state index in [9.17, 15) is 18.0 Å². The maximum Gasteiger partial charge on any atom is 0.413 e. The van der Waals surface area contributed by atoms with Crippen LogP contribution in [0.15, 0.2) is 41.0 Å². The minimum atomic E-state index is -4.15. The lowest BCUT2D eigenvalue weighted by molar-refractivity contribution is -0.183. The lowest BCUT2D eigenvalue weighted by Crippen LogP contribution is -2.29. The summed E-state index contributed by atoms with van der Waals surface area (Å²) in [6.07, 6.45) is -2.46. The van der Waals surface area contributed by atoms with E-state index in [1.807, 2.05) is 30.3 Å². The predicted molar refractivity (Wildman–Crippen MR) is 97.2 cm³/mol. The van der Waals surface area contributed by atoms with Crippen LogP contribution in [-0.2, 0) is 11.3 Å². The van der Waals surface area contributed by atoms with Crippen LogP contribution in [0, 0.1) is 5.92 Å². The molecular formula is C18H19BrF3N3O2. The Labute approximate surface area is 163 Å². The van der Waals surface area contributed by atoms with E-state index >= 15 is 0 Å². The molecule has 0 spiro atoms. The van der Waals surface area contributed by atoms with Gasteiger partial charge in [-0.25, -0.2) is 9.48 Å². The molecule has 1 fully saturated rings. The fourth-order valence-corrected chi connectivity index (χ4v) is 3.61. The summed E-state index contributed by atoms with van der Waals surface area (Å²) >= 11 is 3.32. The first-order valence-electron chi connectivity index (χ1n) is 8.62. The minimum absolute atomic E-state index is 0.0591. The molecule has 27 heavy (non-hydrogen) atoms. The van der Waals surface area contributed by atoms with E-state index in [4.69, 9.17) is 4.74 Å². The molecule has 1 aliphatic carbocycles. The molecule has 0 saturated heterocycles. The molecule has 1 amide bonds. The Morgan fingerprint density at radius 3 is 2.52 bits per heavy atom. The Morgan fingerprint density at radius 1 is 1.22 bits per heavy atom. The van der Waals surface area contributed by atoms with E-state index in [0.717, 1.165) is 5.56 Å². The molecule has 0 atom stereocenters. The zero-order valence-corrected chi connectivity index (χ0v) is 16.0. The summed E-state index contributed by atoms with van der Waals surface area (Å²) in [5.41, 5.74) is 0.852. The smallest absolute Gasteiger partial charge is 0.413 e. The molecule has 0 aliphatic heterocycles. The van der Waals surface area contributed by atoms with Gasteiger partial charge in [-0.1, -0.05) is 30.3 Å². The van der Waals surface area contributed by atoms with Gasteiger partial charge in [0.15, 0.2) is 0 Å². The molecular weight excluding hydrogens is 427 g/mol. The Balaban J connectivity index is 1.61. The van der Waals surface area contributed by atoms with Crippen molar-refractivity contribution >= 4 is 27.8 Å². The monoisotopic (exact) mass is 445 g/mol. The lowest BCUT2D eigenvalue weighted by atomic mass is 9.85. The number of alkyl halides is 3. The predicted octanol–water partition coefficient (Wildman–Crippen LogP) is 5.69. The fraction of sp³-hybridized carbons (Fsp3) is 0.444. The maximum absolute atomic E-state index is 12.8. The van der Waals surface area contributed by atoms with Crippen LogP contribution in [0.4, 0.5) is 23.8 Å². The molecule has 2 aromatic rings. The first-order chi connectivity index (χ1) is 12.8. The number of rotatable bonds is 4. The van der Waals surface area contributed by atoms with Crippen molar-refractivity contribution in [1.29, 1.82) is 0 Å². The molecule has 0 bridgehead atoms. The molecule has 5 nitrogen and oxygen atoms in total. The first kappa shape index (κ1) is 19.7. The molecule has 1 aromatic carbocycles. The number of anilines is 1. The third-order valence-corrected chi connectivity index (χ3v) is 5.27. The van der Waals surface area contributed by atoms with Gasteiger partial charge in [-0.05, 0) is 47.2 Å². The zero-order valence-electron chi connectivity index (χ0n) is 14.4. The van der Waals surface area contributed by atoms with E-state index in [0.29, 0.717) is 23.1 Å². The average molecular weight is 446 g/mol. The molecule has 1 N–H and O–H groups in total. The number of benzene rings is 1. The van der Waals surface area contributed by atoms with Crippen molar-refractivity contribution in [1.82, 2.24) is 9.78 Å². The molecule has 1 saturated carbocycles. The molecule has 0 radical (unpaired) electrons. The standard InChI is InChI=1S/C18H19BrF3N3O2/c19-15-10-23-25(14-8-6-13(7-9-14)18(20,21)22)16(15)24-17(26)27-11-12-4-2-1-3-5-12/h1-5,10,13-14H,6-9,11H2,(H,24,26). The maximum atomic E-state index is 12.8. The van der Waals surface area contributed by atoms with Crippen molar-refractivity contribution in [3.63, 3.8) is 0 Å². The number of nitrogens with zero attached hydrogens (tertiary/aromatic N) is 2. The van der Waals surface area contributed by atoms with Gasteiger partial charge in [0.2, 0.25) is 0 Å². The largest absolute Gasteiger partial charge is 0.444 e. The number of hydrogen-bond acceptors (Lipinski definition) is 3. The number of nitrogens with one attached hydrogen (secondary N) is 1. The van der Waals surface area contributed by atoms with Crippen LogP contribution < -0.4 is 5.32 Å². The van der Waals surface area contributed by atoms with Gasteiger partial charge in [-0.3, -0.25) is 5.32 Å². The van der Waals surface area contributed by atoms with Gasteiger partial charge >= 0.3 is 12.3 Å². The number of carbonyl (C=O) groups excluding carboxylic acids is 1. The molecule has 1 aliphatic rings.